The smallest absolute Gasteiger partial charge is 0.161 e. The molecule has 0 aliphatic carbocycles. The normalized spacial score (nSPS) is 12.0. The third kappa shape index (κ3) is 4.64. The van der Waals surface area contributed by atoms with Crippen molar-refractivity contribution in [2.45, 2.75) is 40.2 Å². The lowest BCUT2D eigenvalue weighted by molar-refractivity contribution is 0.258. The first-order valence-corrected chi connectivity index (χ1v) is 7.74. The van der Waals surface area contributed by atoms with Crippen LogP contribution in [-0.4, -0.2) is 31.2 Å². The van der Waals surface area contributed by atoms with E-state index in [1.54, 1.807) is 0 Å². The van der Waals surface area contributed by atoms with Crippen molar-refractivity contribution in [2.75, 3.05) is 26.3 Å². The number of ether oxygens (including phenoxy) is 2. The summed E-state index contributed by atoms with van der Waals surface area (Å²) in [7, 11) is 0. The molecule has 4 heteroatoms. The van der Waals surface area contributed by atoms with Crippen LogP contribution in [0.3, 0.4) is 0 Å². The Morgan fingerprint density at radius 1 is 1.10 bits per heavy atom. The van der Waals surface area contributed by atoms with Crippen LogP contribution in [0.4, 0.5) is 0 Å². The number of nitrogens with zero attached hydrogens (tertiary/aromatic N) is 2. The molecule has 0 aromatic heterocycles. The summed E-state index contributed by atoms with van der Waals surface area (Å²) in [5.41, 5.74) is 0.952. The second kappa shape index (κ2) is 9.25. The molecular weight excluding hydrogens is 264 g/mol. The van der Waals surface area contributed by atoms with Crippen molar-refractivity contribution in [3.05, 3.63) is 23.8 Å². The number of hydrogen-bond acceptors (Lipinski definition) is 4. The topological polar surface area (TPSA) is 45.5 Å². The molecule has 0 bridgehead atoms. The summed E-state index contributed by atoms with van der Waals surface area (Å²) in [5.74, 6) is 1.47. The maximum absolute atomic E-state index is 9.48. The van der Waals surface area contributed by atoms with E-state index in [9.17, 15) is 5.26 Å². The van der Waals surface area contributed by atoms with E-state index < -0.39 is 0 Å². The molecule has 21 heavy (non-hydrogen) atoms. The van der Waals surface area contributed by atoms with Gasteiger partial charge in [-0.15, -0.1) is 0 Å². The molecule has 0 aliphatic rings. The van der Waals surface area contributed by atoms with Gasteiger partial charge in [0.1, 0.15) is 6.04 Å². The van der Waals surface area contributed by atoms with Crippen molar-refractivity contribution in [1.29, 1.82) is 5.26 Å². The van der Waals surface area contributed by atoms with Gasteiger partial charge in [0.2, 0.25) is 0 Å². The summed E-state index contributed by atoms with van der Waals surface area (Å²) < 4.78 is 11.4. The Morgan fingerprint density at radius 3 is 2.33 bits per heavy atom. The van der Waals surface area contributed by atoms with Gasteiger partial charge in [-0.05, 0) is 44.1 Å². The minimum atomic E-state index is -0.251. The summed E-state index contributed by atoms with van der Waals surface area (Å²) in [5, 5.41) is 9.48. The van der Waals surface area contributed by atoms with E-state index in [-0.39, 0.29) is 6.04 Å². The Balaban J connectivity index is 3.07. The lowest BCUT2D eigenvalue weighted by Gasteiger charge is -2.25. The van der Waals surface area contributed by atoms with Crippen molar-refractivity contribution in [3.63, 3.8) is 0 Å². The van der Waals surface area contributed by atoms with Crippen molar-refractivity contribution in [3.8, 4) is 17.6 Å². The zero-order valence-corrected chi connectivity index (χ0v) is 13.6. The maximum Gasteiger partial charge on any atom is 0.161 e. The highest BCUT2D eigenvalue weighted by Crippen LogP contribution is 2.32. The van der Waals surface area contributed by atoms with Gasteiger partial charge in [0.05, 0.1) is 19.3 Å². The van der Waals surface area contributed by atoms with Gasteiger partial charge >= 0.3 is 0 Å². The Labute approximate surface area is 128 Å². The van der Waals surface area contributed by atoms with Gasteiger partial charge in [0, 0.05) is 0 Å². The van der Waals surface area contributed by atoms with Crippen LogP contribution in [0.15, 0.2) is 18.2 Å². The minimum Gasteiger partial charge on any atom is -0.490 e. The summed E-state index contributed by atoms with van der Waals surface area (Å²) in [6.07, 6.45) is 0.952. The molecule has 0 radical (unpaired) electrons. The fourth-order valence-electron chi connectivity index (χ4n) is 2.25. The highest BCUT2D eigenvalue weighted by atomic mass is 16.5. The van der Waals surface area contributed by atoms with Crippen molar-refractivity contribution in [2.24, 2.45) is 0 Å². The zero-order chi connectivity index (χ0) is 15.7. The Bertz CT molecular complexity index is 464. The molecule has 0 spiro atoms. The lowest BCUT2D eigenvalue weighted by atomic mass is 10.1. The third-order valence-electron chi connectivity index (χ3n) is 3.34. The zero-order valence-electron chi connectivity index (χ0n) is 13.6. The predicted molar refractivity (Wildman–Crippen MR) is 84.7 cm³/mol. The van der Waals surface area contributed by atoms with Crippen LogP contribution in [0.25, 0.3) is 0 Å². The van der Waals surface area contributed by atoms with Crippen LogP contribution in [0.5, 0.6) is 11.5 Å². The molecule has 0 amide bonds. The summed E-state index contributed by atoms with van der Waals surface area (Å²) in [6, 6.07) is 7.93. The standard InChI is InChI=1S/C17H26N2O2/c1-5-11-21-16-10-9-14(12-17(16)20-8-4)15(13-18)19(6-2)7-3/h9-10,12,15H,5-8,11H2,1-4H3. The van der Waals surface area contributed by atoms with Gasteiger partial charge in [-0.2, -0.15) is 5.26 Å². The van der Waals surface area contributed by atoms with Crippen molar-refractivity contribution in [1.82, 2.24) is 4.90 Å². The van der Waals surface area contributed by atoms with Crippen LogP contribution in [0, 0.1) is 11.3 Å². The van der Waals surface area contributed by atoms with E-state index in [0.717, 1.165) is 36.6 Å². The Morgan fingerprint density at radius 2 is 1.81 bits per heavy atom. The van der Waals surface area contributed by atoms with E-state index in [1.165, 1.54) is 0 Å². The van der Waals surface area contributed by atoms with Crippen LogP contribution in [0.1, 0.15) is 45.7 Å². The molecule has 1 atom stereocenters. The van der Waals surface area contributed by atoms with Gasteiger partial charge in [-0.1, -0.05) is 26.8 Å². The summed E-state index contributed by atoms with van der Waals surface area (Å²) in [4.78, 5) is 2.12. The largest absolute Gasteiger partial charge is 0.490 e. The van der Waals surface area contributed by atoms with E-state index in [0.29, 0.717) is 13.2 Å². The molecule has 0 N–H and O–H groups in total. The van der Waals surface area contributed by atoms with E-state index in [4.69, 9.17) is 9.47 Å². The average Bonchev–Trinajstić information content (AvgIpc) is 2.51. The molecule has 0 saturated carbocycles. The van der Waals surface area contributed by atoms with Crippen LogP contribution in [0.2, 0.25) is 0 Å². The second-order valence-electron chi connectivity index (χ2n) is 4.74. The van der Waals surface area contributed by atoms with Crippen molar-refractivity contribution < 1.29 is 9.47 Å². The quantitative estimate of drug-likeness (QED) is 0.694. The fraction of sp³-hybridized carbons (Fsp3) is 0.588. The molecule has 0 saturated heterocycles. The van der Waals surface area contributed by atoms with Gasteiger partial charge in [0.15, 0.2) is 11.5 Å². The molecule has 1 aromatic rings. The highest BCUT2D eigenvalue weighted by Gasteiger charge is 2.19. The molecular formula is C17H26N2O2. The minimum absolute atomic E-state index is 0.251. The lowest BCUT2D eigenvalue weighted by Crippen LogP contribution is -2.27. The third-order valence-corrected chi connectivity index (χ3v) is 3.34. The first kappa shape index (κ1) is 17.3. The molecule has 116 valence electrons. The highest BCUT2D eigenvalue weighted by molar-refractivity contribution is 5.45. The van der Waals surface area contributed by atoms with E-state index >= 15 is 0 Å². The SMILES string of the molecule is CCCOc1ccc(C(C#N)N(CC)CC)cc1OCC. The predicted octanol–water partition coefficient (Wildman–Crippen LogP) is 3.78. The summed E-state index contributed by atoms with van der Waals surface area (Å²) >= 11 is 0. The fourth-order valence-corrected chi connectivity index (χ4v) is 2.25. The van der Waals surface area contributed by atoms with Gasteiger partial charge < -0.3 is 9.47 Å². The molecule has 0 heterocycles. The Kier molecular flexibility index (Phi) is 7.63. The average molecular weight is 290 g/mol. The Hall–Kier alpha value is -1.73. The van der Waals surface area contributed by atoms with Crippen LogP contribution >= 0.6 is 0 Å². The molecule has 0 fully saturated rings. The first-order valence-electron chi connectivity index (χ1n) is 7.74. The van der Waals surface area contributed by atoms with Crippen molar-refractivity contribution >= 4 is 0 Å². The maximum atomic E-state index is 9.48. The van der Waals surface area contributed by atoms with Gasteiger partial charge in [-0.3, -0.25) is 4.90 Å². The molecule has 0 aliphatic heterocycles. The summed E-state index contributed by atoms with van der Waals surface area (Å²) in [6.45, 7) is 11.1. The molecule has 4 nitrogen and oxygen atoms in total. The monoisotopic (exact) mass is 290 g/mol. The van der Waals surface area contributed by atoms with Crippen LogP contribution in [-0.2, 0) is 0 Å². The van der Waals surface area contributed by atoms with E-state index in [1.807, 2.05) is 25.1 Å². The number of nitriles is 1. The number of hydrogen-bond donors (Lipinski definition) is 0. The van der Waals surface area contributed by atoms with E-state index in [2.05, 4.69) is 31.7 Å². The molecule has 1 aromatic carbocycles. The number of benzene rings is 1. The molecule has 1 unspecified atom stereocenters. The van der Waals surface area contributed by atoms with Gasteiger partial charge in [-0.25, -0.2) is 0 Å². The van der Waals surface area contributed by atoms with Gasteiger partial charge in [0.25, 0.3) is 0 Å². The first-order chi connectivity index (χ1) is 10.2. The van der Waals surface area contributed by atoms with Crippen LogP contribution < -0.4 is 9.47 Å². The number of rotatable bonds is 9. The molecule has 1 rings (SSSR count). The second-order valence-corrected chi connectivity index (χ2v) is 4.74.